The van der Waals surface area contributed by atoms with Gasteiger partial charge >= 0.3 is 0 Å². The van der Waals surface area contributed by atoms with E-state index in [0.717, 1.165) is 42.8 Å². The minimum Gasteiger partial charge on any atom is -0.355 e. The predicted molar refractivity (Wildman–Crippen MR) is 156 cm³/mol. The lowest BCUT2D eigenvalue weighted by atomic mass is 10.0. The summed E-state index contributed by atoms with van der Waals surface area (Å²) < 4.78 is 27.6. The smallest absolute Gasteiger partial charge is 0.256 e. The average molecular weight is 569 g/mol. The first kappa shape index (κ1) is 28.9. The van der Waals surface area contributed by atoms with Crippen LogP contribution in [0.1, 0.15) is 63.4 Å². The summed E-state index contributed by atoms with van der Waals surface area (Å²) in [5.41, 5.74) is 3.05. The van der Waals surface area contributed by atoms with E-state index in [0.29, 0.717) is 35.8 Å². The molecule has 0 saturated heterocycles. The summed E-state index contributed by atoms with van der Waals surface area (Å²) in [4.78, 5) is 29.6. The molecule has 4 rings (SSSR count). The van der Waals surface area contributed by atoms with Crippen LogP contribution >= 0.6 is 11.3 Å². The summed E-state index contributed by atoms with van der Waals surface area (Å²) in [6, 6.07) is 16.3. The Labute approximate surface area is 235 Å². The van der Waals surface area contributed by atoms with Crippen molar-refractivity contribution in [3.63, 3.8) is 0 Å². The van der Waals surface area contributed by atoms with Crippen LogP contribution in [0.15, 0.2) is 59.5 Å². The van der Waals surface area contributed by atoms with Crippen molar-refractivity contribution >= 4 is 38.2 Å². The van der Waals surface area contributed by atoms with Crippen LogP contribution in [-0.2, 0) is 29.5 Å². The average Bonchev–Trinajstić information content (AvgIpc) is 3.30. The topological polar surface area (TPSA) is 98.8 Å². The van der Waals surface area contributed by atoms with Crippen molar-refractivity contribution in [1.29, 1.82) is 0 Å². The molecule has 0 radical (unpaired) electrons. The zero-order valence-electron chi connectivity index (χ0n) is 22.7. The van der Waals surface area contributed by atoms with Crippen LogP contribution in [-0.4, -0.2) is 56.1 Å². The molecule has 1 aromatic heterocycles. The highest BCUT2D eigenvalue weighted by molar-refractivity contribution is 7.89. The number of amides is 2. The molecule has 0 saturated carbocycles. The van der Waals surface area contributed by atoms with Crippen molar-refractivity contribution in [2.75, 3.05) is 32.0 Å². The van der Waals surface area contributed by atoms with Gasteiger partial charge in [0.25, 0.3) is 11.8 Å². The fourth-order valence-electron chi connectivity index (χ4n) is 4.84. The number of sulfonamides is 1. The van der Waals surface area contributed by atoms with E-state index in [1.165, 1.54) is 45.5 Å². The first-order valence-corrected chi connectivity index (χ1v) is 15.6. The third-order valence-corrected chi connectivity index (χ3v) is 9.81. The third-order valence-electron chi connectivity index (χ3n) is 6.77. The van der Waals surface area contributed by atoms with Crippen LogP contribution in [0.3, 0.4) is 0 Å². The van der Waals surface area contributed by atoms with Gasteiger partial charge in [0, 0.05) is 50.2 Å². The molecule has 2 amide bonds. The van der Waals surface area contributed by atoms with Crippen molar-refractivity contribution in [1.82, 2.24) is 14.5 Å². The molecule has 10 heteroatoms. The fraction of sp³-hybridized carbons (Fsp3) is 0.379. The van der Waals surface area contributed by atoms with Crippen molar-refractivity contribution in [2.45, 2.75) is 51.1 Å². The normalized spacial score (nSPS) is 13.7. The van der Waals surface area contributed by atoms with E-state index in [-0.39, 0.29) is 16.7 Å². The SMILES string of the molecule is CCCN(CCC)S(=O)(=O)c1ccc(C(=O)Nc2sc3c(c2C(=O)NC)CCN(Cc2ccccc2)C3)cc1. The molecule has 0 aliphatic carbocycles. The molecule has 0 bridgehead atoms. The number of nitrogens with zero attached hydrogens (tertiary/aromatic N) is 2. The summed E-state index contributed by atoms with van der Waals surface area (Å²) in [6.45, 7) is 7.13. The first-order chi connectivity index (χ1) is 18.8. The number of hydrogen-bond donors (Lipinski definition) is 2. The zero-order valence-corrected chi connectivity index (χ0v) is 24.3. The number of carbonyl (C=O) groups excluding carboxylic acids is 2. The number of fused-ring (bicyclic) bond motifs is 1. The third kappa shape index (κ3) is 6.58. The molecule has 2 heterocycles. The summed E-state index contributed by atoms with van der Waals surface area (Å²) >= 11 is 1.43. The molecule has 0 fully saturated rings. The van der Waals surface area contributed by atoms with Gasteiger partial charge in [0.1, 0.15) is 5.00 Å². The van der Waals surface area contributed by atoms with Crippen molar-refractivity contribution in [2.24, 2.45) is 0 Å². The molecule has 208 valence electrons. The molecule has 3 aromatic rings. The van der Waals surface area contributed by atoms with Crippen LogP contribution in [0, 0.1) is 0 Å². The van der Waals surface area contributed by atoms with Crippen LogP contribution in [0.25, 0.3) is 0 Å². The van der Waals surface area contributed by atoms with Gasteiger partial charge in [-0.05, 0) is 54.7 Å². The highest BCUT2D eigenvalue weighted by Crippen LogP contribution is 2.38. The van der Waals surface area contributed by atoms with Crippen LogP contribution in [0.5, 0.6) is 0 Å². The van der Waals surface area contributed by atoms with Gasteiger partial charge in [-0.2, -0.15) is 4.31 Å². The lowest BCUT2D eigenvalue weighted by molar-refractivity contribution is 0.0962. The molecule has 0 unspecified atom stereocenters. The van der Waals surface area contributed by atoms with Gasteiger partial charge in [0.2, 0.25) is 10.0 Å². The molecular formula is C29H36N4O4S2. The highest BCUT2D eigenvalue weighted by atomic mass is 32.2. The standard InChI is InChI=1S/C29H36N4O4S2/c1-4-16-33(17-5-2)39(36,37)23-13-11-22(12-14-23)27(34)31-29-26(28(35)30-3)24-15-18-32(20-25(24)38-29)19-21-9-7-6-8-10-21/h6-14H,4-5,15-20H2,1-3H3,(H,30,35)(H,31,34). The molecule has 1 aliphatic rings. The first-order valence-electron chi connectivity index (χ1n) is 13.3. The Morgan fingerprint density at radius 2 is 1.64 bits per heavy atom. The minimum atomic E-state index is -3.63. The summed E-state index contributed by atoms with van der Waals surface area (Å²) in [6.07, 6.45) is 2.17. The monoisotopic (exact) mass is 568 g/mol. The predicted octanol–water partition coefficient (Wildman–Crippen LogP) is 4.73. The second kappa shape index (κ2) is 12.9. The summed E-state index contributed by atoms with van der Waals surface area (Å²) in [7, 11) is -2.05. The Morgan fingerprint density at radius 1 is 0.974 bits per heavy atom. The van der Waals surface area contributed by atoms with Gasteiger partial charge in [0.15, 0.2) is 0 Å². The molecule has 0 spiro atoms. The molecule has 2 N–H and O–H groups in total. The van der Waals surface area contributed by atoms with E-state index in [4.69, 9.17) is 0 Å². The van der Waals surface area contributed by atoms with Gasteiger partial charge in [-0.15, -0.1) is 11.3 Å². The van der Waals surface area contributed by atoms with E-state index >= 15 is 0 Å². The molecule has 39 heavy (non-hydrogen) atoms. The van der Waals surface area contributed by atoms with Gasteiger partial charge in [-0.3, -0.25) is 14.5 Å². The molecular weight excluding hydrogens is 532 g/mol. The molecule has 8 nitrogen and oxygen atoms in total. The number of hydrogen-bond acceptors (Lipinski definition) is 6. The van der Waals surface area contributed by atoms with Crippen molar-refractivity contribution in [3.05, 3.63) is 81.7 Å². The highest BCUT2D eigenvalue weighted by Gasteiger charge is 2.29. The second-order valence-electron chi connectivity index (χ2n) is 9.62. The Morgan fingerprint density at radius 3 is 2.26 bits per heavy atom. The zero-order chi connectivity index (χ0) is 28.0. The van der Waals surface area contributed by atoms with E-state index in [9.17, 15) is 18.0 Å². The van der Waals surface area contributed by atoms with Gasteiger partial charge in [0.05, 0.1) is 10.5 Å². The fourth-order valence-corrected chi connectivity index (χ4v) is 7.75. The maximum Gasteiger partial charge on any atom is 0.256 e. The Kier molecular flexibility index (Phi) is 9.55. The quantitative estimate of drug-likeness (QED) is 0.349. The van der Waals surface area contributed by atoms with E-state index < -0.39 is 10.0 Å². The second-order valence-corrected chi connectivity index (χ2v) is 12.7. The number of anilines is 1. The Hall–Kier alpha value is -3.05. The lowest BCUT2D eigenvalue weighted by Gasteiger charge is -2.27. The van der Waals surface area contributed by atoms with E-state index in [2.05, 4.69) is 27.7 Å². The number of thiophene rings is 1. The Bertz CT molecular complexity index is 1400. The van der Waals surface area contributed by atoms with Gasteiger partial charge in [-0.1, -0.05) is 44.2 Å². The number of carbonyl (C=O) groups is 2. The van der Waals surface area contributed by atoms with Crippen LogP contribution in [0.4, 0.5) is 5.00 Å². The number of rotatable bonds is 11. The maximum atomic E-state index is 13.2. The van der Waals surface area contributed by atoms with Crippen LogP contribution < -0.4 is 10.6 Å². The lowest BCUT2D eigenvalue weighted by Crippen LogP contribution is -2.32. The summed E-state index contributed by atoms with van der Waals surface area (Å²) in [5, 5.41) is 6.15. The van der Waals surface area contributed by atoms with Crippen molar-refractivity contribution in [3.8, 4) is 0 Å². The maximum absolute atomic E-state index is 13.2. The Balaban J connectivity index is 1.53. The van der Waals surface area contributed by atoms with Gasteiger partial charge < -0.3 is 10.6 Å². The van der Waals surface area contributed by atoms with Crippen molar-refractivity contribution < 1.29 is 18.0 Å². The minimum absolute atomic E-state index is 0.164. The molecule has 0 atom stereocenters. The largest absolute Gasteiger partial charge is 0.355 e. The molecule has 2 aromatic carbocycles. The number of benzene rings is 2. The van der Waals surface area contributed by atoms with E-state index in [1.54, 1.807) is 7.05 Å². The van der Waals surface area contributed by atoms with Gasteiger partial charge in [-0.25, -0.2) is 8.42 Å². The summed E-state index contributed by atoms with van der Waals surface area (Å²) in [5.74, 6) is -0.615. The van der Waals surface area contributed by atoms with E-state index in [1.807, 2.05) is 32.0 Å². The van der Waals surface area contributed by atoms with Crippen LogP contribution in [0.2, 0.25) is 0 Å². The number of nitrogens with one attached hydrogen (secondary N) is 2. The molecule has 1 aliphatic heterocycles.